The van der Waals surface area contributed by atoms with Gasteiger partial charge in [0, 0.05) is 18.3 Å². The predicted molar refractivity (Wildman–Crippen MR) is 107 cm³/mol. The van der Waals surface area contributed by atoms with E-state index < -0.39 is 5.25 Å². The average Bonchev–Trinajstić information content (AvgIpc) is 2.66. The fourth-order valence-electron chi connectivity index (χ4n) is 2.55. The molecule has 0 saturated heterocycles. The fourth-order valence-corrected chi connectivity index (χ4v) is 3.42. The Bertz CT molecular complexity index is 1070. The highest BCUT2D eigenvalue weighted by Crippen LogP contribution is 2.23. The Hall–Kier alpha value is -2.93. The Morgan fingerprint density at radius 2 is 1.78 bits per heavy atom. The largest absolute Gasteiger partial charge is 0.325 e. The number of carbonyl (C=O) groups excluding carboxylic acids is 2. The summed E-state index contributed by atoms with van der Waals surface area (Å²) in [5, 5.41) is 3.38. The third-order valence-corrected chi connectivity index (χ3v) is 5.30. The maximum absolute atomic E-state index is 12.5. The van der Waals surface area contributed by atoms with Crippen LogP contribution in [0.2, 0.25) is 0 Å². The molecular formula is C20H19N3O3S. The Morgan fingerprint density at radius 1 is 1.11 bits per heavy atom. The first-order chi connectivity index (χ1) is 12.9. The van der Waals surface area contributed by atoms with Crippen LogP contribution in [0.4, 0.5) is 5.69 Å². The van der Waals surface area contributed by atoms with Gasteiger partial charge in [-0.15, -0.1) is 0 Å². The van der Waals surface area contributed by atoms with Crippen LogP contribution in [0.15, 0.2) is 58.5 Å². The van der Waals surface area contributed by atoms with E-state index in [4.69, 9.17) is 0 Å². The molecule has 1 atom stereocenters. The molecule has 1 N–H and O–H groups in total. The normalized spacial score (nSPS) is 12.0. The number of rotatable bonds is 5. The molecule has 138 valence electrons. The van der Waals surface area contributed by atoms with Crippen LogP contribution in [0, 0.1) is 0 Å². The van der Waals surface area contributed by atoms with Gasteiger partial charge in [-0.25, -0.2) is 4.98 Å². The van der Waals surface area contributed by atoms with Crippen molar-refractivity contribution < 1.29 is 9.59 Å². The number of anilines is 1. The van der Waals surface area contributed by atoms with E-state index in [0.717, 1.165) is 0 Å². The molecular weight excluding hydrogens is 362 g/mol. The van der Waals surface area contributed by atoms with Gasteiger partial charge in [0.25, 0.3) is 5.56 Å². The van der Waals surface area contributed by atoms with Crippen molar-refractivity contribution in [1.29, 1.82) is 0 Å². The number of fused-ring (bicyclic) bond motifs is 1. The molecule has 27 heavy (non-hydrogen) atoms. The number of hydrogen-bond acceptors (Lipinski definition) is 5. The van der Waals surface area contributed by atoms with Crippen molar-refractivity contribution in [3.05, 3.63) is 64.4 Å². The molecule has 1 unspecified atom stereocenters. The van der Waals surface area contributed by atoms with Gasteiger partial charge in [0.15, 0.2) is 10.9 Å². The highest BCUT2D eigenvalue weighted by atomic mass is 32.2. The standard InChI is InChI=1S/C20H19N3O3S/c1-12(24)14-8-10-15(11-9-14)21-18(25)13(2)27-20-22-17-7-5-4-6-16(17)19(26)23(20)3/h4-11,13H,1-3H3,(H,21,25). The number of hydrogen-bond donors (Lipinski definition) is 1. The molecule has 0 radical (unpaired) electrons. The molecule has 2 aromatic carbocycles. The number of benzene rings is 2. The maximum Gasteiger partial charge on any atom is 0.261 e. The molecule has 0 aliphatic heterocycles. The van der Waals surface area contributed by atoms with Crippen LogP contribution in [0.1, 0.15) is 24.2 Å². The van der Waals surface area contributed by atoms with Gasteiger partial charge < -0.3 is 5.32 Å². The van der Waals surface area contributed by atoms with Gasteiger partial charge in [0.1, 0.15) is 0 Å². The molecule has 3 aromatic rings. The summed E-state index contributed by atoms with van der Waals surface area (Å²) < 4.78 is 1.46. The van der Waals surface area contributed by atoms with E-state index in [2.05, 4.69) is 10.3 Å². The van der Waals surface area contributed by atoms with E-state index in [1.54, 1.807) is 56.4 Å². The van der Waals surface area contributed by atoms with Gasteiger partial charge in [-0.2, -0.15) is 0 Å². The first-order valence-electron chi connectivity index (χ1n) is 8.41. The van der Waals surface area contributed by atoms with Crippen LogP contribution in [-0.4, -0.2) is 26.5 Å². The zero-order valence-corrected chi connectivity index (χ0v) is 16.0. The highest BCUT2D eigenvalue weighted by molar-refractivity contribution is 8.00. The summed E-state index contributed by atoms with van der Waals surface area (Å²) in [7, 11) is 1.65. The minimum absolute atomic E-state index is 0.0277. The van der Waals surface area contributed by atoms with Crippen molar-refractivity contribution in [2.45, 2.75) is 24.3 Å². The van der Waals surface area contributed by atoms with Crippen molar-refractivity contribution in [3.8, 4) is 0 Å². The Morgan fingerprint density at radius 3 is 2.44 bits per heavy atom. The Kier molecular flexibility index (Phi) is 5.41. The molecule has 0 aliphatic carbocycles. The van der Waals surface area contributed by atoms with E-state index in [1.807, 2.05) is 6.07 Å². The Balaban J connectivity index is 1.76. The number of thioether (sulfide) groups is 1. The zero-order valence-electron chi connectivity index (χ0n) is 15.2. The van der Waals surface area contributed by atoms with Crippen molar-refractivity contribution >= 4 is 40.0 Å². The lowest BCUT2D eigenvalue weighted by atomic mass is 10.1. The molecule has 0 fully saturated rings. The van der Waals surface area contributed by atoms with Crippen LogP contribution >= 0.6 is 11.8 Å². The van der Waals surface area contributed by atoms with Gasteiger partial charge in [0.2, 0.25) is 5.91 Å². The molecule has 0 saturated carbocycles. The minimum Gasteiger partial charge on any atom is -0.325 e. The maximum atomic E-state index is 12.5. The fraction of sp³-hybridized carbons (Fsp3) is 0.200. The van der Waals surface area contributed by atoms with Crippen molar-refractivity contribution in [1.82, 2.24) is 9.55 Å². The van der Waals surface area contributed by atoms with Crippen molar-refractivity contribution in [2.24, 2.45) is 7.05 Å². The van der Waals surface area contributed by atoms with Gasteiger partial charge in [-0.05, 0) is 50.2 Å². The Labute approximate surface area is 160 Å². The summed E-state index contributed by atoms with van der Waals surface area (Å²) in [6.07, 6.45) is 0. The summed E-state index contributed by atoms with van der Waals surface area (Å²) in [5.41, 5.74) is 1.66. The first kappa shape index (κ1) is 18.8. The summed E-state index contributed by atoms with van der Waals surface area (Å²) in [6, 6.07) is 13.9. The second kappa shape index (κ2) is 7.75. The lowest BCUT2D eigenvalue weighted by Gasteiger charge is -2.14. The van der Waals surface area contributed by atoms with Crippen molar-refractivity contribution in [3.63, 3.8) is 0 Å². The van der Waals surface area contributed by atoms with Crippen LogP contribution in [0.3, 0.4) is 0 Å². The van der Waals surface area contributed by atoms with Crippen LogP contribution in [0.25, 0.3) is 10.9 Å². The van der Waals surface area contributed by atoms with Crippen molar-refractivity contribution in [2.75, 3.05) is 5.32 Å². The molecule has 1 aromatic heterocycles. The van der Waals surface area contributed by atoms with E-state index in [1.165, 1.54) is 23.3 Å². The number of nitrogens with zero attached hydrogens (tertiary/aromatic N) is 2. The minimum atomic E-state index is -0.461. The summed E-state index contributed by atoms with van der Waals surface area (Å²) in [4.78, 5) is 40.8. The molecule has 1 amide bonds. The lowest BCUT2D eigenvalue weighted by molar-refractivity contribution is -0.115. The van der Waals surface area contributed by atoms with Crippen LogP contribution < -0.4 is 10.9 Å². The number of para-hydroxylation sites is 1. The van der Waals surface area contributed by atoms with Gasteiger partial charge >= 0.3 is 0 Å². The topological polar surface area (TPSA) is 81.1 Å². The highest BCUT2D eigenvalue weighted by Gasteiger charge is 2.18. The molecule has 0 aliphatic rings. The van der Waals surface area contributed by atoms with E-state index in [9.17, 15) is 14.4 Å². The van der Waals surface area contributed by atoms with E-state index in [-0.39, 0.29) is 17.2 Å². The van der Waals surface area contributed by atoms with Gasteiger partial charge in [-0.3, -0.25) is 19.0 Å². The second-order valence-electron chi connectivity index (χ2n) is 6.16. The quantitative estimate of drug-likeness (QED) is 0.417. The number of ketones is 1. The van der Waals surface area contributed by atoms with Gasteiger partial charge in [0.05, 0.1) is 16.2 Å². The molecule has 3 rings (SSSR count). The molecule has 0 spiro atoms. The number of nitrogens with one attached hydrogen (secondary N) is 1. The average molecular weight is 381 g/mol. The number of Topliss-reactive ketones (excluding diaryl/α,β-unsaturated/α-hetero) is 1. The first-order valence-corrected chi connectivity index (χ1v) is 9.29. The molecule has 6 nitrogen and oxygen atoms in total. The van der Waals surface area contributed by atoms with Crippen LogP contribution in [-0.2, 0) is 11.8 Å². The third kappa shape index (κ3) is 4.09. The second-order valence-corrected chi connectivity index (χ2v) is 7.47. The smallest absolute Gasteiger partial charge is 0.261 e. The predicted octanol–water partition coefficient (Wildman–Crippen LogP) is 3.26. The van der Waals surface area contributed by atoms with Gasteiger partial charge in [-0.1, -0.05) is 23.9 Å². The summed E-state index contributed by atoms with van der Waals surface area (Å²) >= 11 is 1.22. The zero-order chi connectivity index (χ0) is 19.6. The third-order valence-electron chi connectivity index (χ3n) is 4.15. The summed E-state index contributed by atoms with van der Waals surface area (Å²) in [6.45, 7) is 3.25. The number of aromatic nitrogens is 2. The molecule has 7 heteroatoms. The molecule has 0 bridgehead atoms. The van der Waals surface area contributed by atoms with E-state index in [0.29, 0.717) is 27.3 Å². The lowest BCUT2D eigenvalue weighted by Crippen LogP contribution is -2.25. The van der Waals surface area contributed by atoms with E-state index >= 15 is 0 Å². The SMILES string of the molecule is CC(=O)c1ccc(NC(=O)C(C)Sc2nc3ccccc3c(=O)n2C)cc1. The summed E-state index contributed by atoms with van der Waals surface area (Å²) in [5.74, 6) is -0.238. The van der Waals surface area contributed by atoms with Crippen LogP contribution in [0.5, 0.6) is 0 Å². The number of amides is 1. The molecule has 1 heterocycles. The monoisotopic (exact) mass is 381 g/mol. The number of carbonyl (C=O) groups is 2.